The second-order valence-corrected chi connectivity index (χ2v) is 9.73. The zero-order valence-electron chi connectivity index (χ0n) is 15.7. The molecule has 1 aliphatic carbocycles. The predicted molar refractivity (Wildman–Crippen MR) is 106 cm³/mol. The Balaban J connectivity index is 2.03. The van der Waals surface area contributed by atoms with E-state index in [1.165, 1.54) is 18.4 Å². The molecule has 1 N–H and O–H groups in total. The van der Waals surface area contributed by atoms with Gasteiger partial charge in [0.15, 0.2) is 9.84 Å². The Morgan fingerprint density at radius 1 is 1.21 bits per heavy atom. The molecule has 3 rings (SSSR count). The normalized spacial score (nSPS) is 13.4. The molecule has 0 saturated heterocycles. The van der Waals surface area contributed by atoms with Crippen LogP contribution in [0.3, 0.4) is 0 Å². The van der Waals surface area contributed by atoms with Gasteiger partial charge in [-0.05, 0) is 37.3 Å². The first-order chi connectivity index (χ1) is 13.6. The number of nitrogens with one attached hydrogen (secondary N) is 1. The Hall–Kier alpha value is -2.79. The number of hydrogen-bond donors (Lipinski definition) is 1. The molecule has 1 amide bonds. The molecule has 1 aliphatic rings. The number of methoxy groups -OCH3 is 1. The fraction of sp³-hybridized carbons (Fsp3) is 0.333. The highest BCUT2D eigenvalue weighted by atomic mass is 32.2. The van der Waals surface area contributed by atoms with Crippen molar-refractivity contribution < 1.29 is 27.7 Å². The zero-order chi connectivity index (χ0) is 21.3. The van der Waals surface area contributed by atoms with Crippen LogP contribution >= 0.6 is 11.3 Å². The minimum Gasteiger partial charge on any atom is -0.465 e. The minimum atomic E-state index is -3.77. The van der Waals surface area contributed by atoms with Crippen molar-refractivity contribution in [3.05, 3.63) is 49.9 Å². The number of fused-ring (bicyclic) bond motifs is 1. The summed E-state index contributed by atoms with van der Waals surface area (Å²) in [7, 11) is -2.52. The quantitative estimate of drug-likeness (QED) is 0.431. The van der Waals surface area contributed by atoms with Crippen LogP contribution in [0.1, 0.15) is 44.0 Å². The molecule has 0 saturated carbocycles. The van der Waals surface area contributed by atoms with Gasteiger partial charge in [-0.2, -0.15) is 0 Å². The fourth-order valence-corrected chi connectivity index (χ4v) is 5.13. The summed E-state index contributed by atoms with van der Waals surface area (Å²) in [5.74, 6) is -1.32. The molecule has 29 heavy (non-hydrogen) atoms. The number of non-ortho nitro benzene ring substituents is 1. The van der Waals surface area contributed by atoms with E-state index in [0.29, 0.717) is 11.4 Å². The summed E-state index contributed by atoms with van der Waals surface area (Å²) < 4.78 is 28.5. The van der Waals surface area contributed by atoms with Gasteiger partial charge >= 0.3 is 5.97 Å². The minimum absolute atomic E-state index is 0.193. The van der Waals surface area contributed by atoms with Crippen LogP contribution in [0.2, 0.25) is 0 Å². The number of nitro benzene ring substituents is 1. The summed E-state index contributed by atoms with van der Waals surface area (Å²) in [6, 6.07) is 2.97. The maximum Gasteiger partial charge on any atom is 0.341 e. The number of benzene rings is 1. The summed E-state index contributed by atoms with van der Waals surface area (Å²) in [6.45, 7) is 0. The summed E-state index contributed by atoms with van der Waals surface area (Å²) in [5, 5.41) is 14.0. The number of carbonyl (C=O) groups is 2. The molecular weight excluding hydrogens is 420 g/mol. The molecule has 9 nitrogen and oxygen atoms in total. The Labute approximate surface area is 170 Å². The lowest BCUT2D eigenvalue weighted by Crippen LogP contribution is -2.16. The highest BCUT2D eigenvalue weighted by Crippen LogP contribution is 2.38. The molecule has 1 aromatic carbocycles. The van der Waals surface area contributed by atoms with Gasteiger partial charge in [-0.1, -0.05) is 0 Å². The van der Waals surface area contributed by atoms with Crippen LogP contribution in [0.15, 0.2) is 23.1 Å². The zero-order valence-corrected chi connectivity index (χ0v) is 17.3. The molecule has 0 bridgehead atoms. The topological polar surface area (TPSA) is 133 Å². The van der Waals surface area contributed by atoms with Crippen molar-refractivity contribution >= 4 is 43.7 Å². The Morgan fingerprint density at radius 3 is 2.52 bits per heavy atom. The lowest BCUT2D eigenvalue weighted by molar-refractivity contribution is -0.385. The smallest absolute Gasteiger partial charge is 0.341 e. The number of anilines is 1. The molecule has 2 aromatic rings. The van der Waals surface area contributed by atoms with E-state index in [4.69, 9.17) is 4.74 Å². The largest absolute Gasteiger partial charge is 0.465 e. The molecule has 1 heterocycles. The number of rotatable bonds is 5. The number of thiophene rings is 1. The second kappa shape index (κ2) is 7.91. The lowest BCUT2D eigenvalue weighted by Gasteiger charge is -2.11. The third kappa shape index (κ3) is 4.30. The number of ether oxygens (including phenoxy) is 1. The summed E-state index contributed by atoms with van der Waals surface area (Å²) >= 11 is 1.26. The van der Waals surface area contributed by atoms with Crippen molar-refractivity contribution in [1.29, 1.82) is 0 Å². The molecule has 0 aliphatic heterocycles. The molecular formula is C18H18N2O7S2. The van der Waals surface area contributed by atoms with E-state index in [1.54, 1.807) is 0 Å². The van der Waals surface area contributed by atoms with Crippen LogP contribution in [0.4, 0.5) is 10.7 Å². The van der Waals surface area contributed by atoms with Crippen LogP contribution in [-0.2, 0) is 27.4 Å². The Kier molecular flexibility index (Phi) is 5.71. The Morgan fingerprint density at radius 2 is 1.90 bits per heavy atom. The maximum absolute atomic E-state index is 12.8. The van der Waals surface area contributed by atoms with Gasteiger partial charge in [0, 0.05) is 28.8 Å². The van der Waals surface area contributed by atoms with E-state index in [1.807, 2.05) is 0 Å². The van der Waals surface area contributed by atoms with Crippen molar-refractivity contribution in [2.75, 3.05) is 18.7 Å². The van der Waals surface area contributed by atoms with E-state index in [9.17, 15) is 28.1 Å². The number of nitro groups is 1. The number of amides is 1. The molecule has 0 atom stereocenters. The SMILES string of the molecule is COC(=O)c1c(NC(=O)c2cc([N+](=O)[O-])cc(S(C)(=O)=O)c2)sc2c1CCCC2. The third-order valence-electron chi connectivity index (χ3n) is 4.58. The van der Waals surface area contributed by atoms with Crippen LogP contribution in [-0.4, -0.2) is 38.6 Å². The van der Waals surface area contributed by atoms with Crippen molar-refractivity contribution in [2.24, 2.45) is 0 Å². The number of nitrogens with zero attached hydrogens (tertiary/aromatic N) is 1. The molecule has 11 heteroatoms. The van der Waals surface area contributed by atoms with Gasteiger partial charge in [-0.3, -0.25) is 14.9 Å². The molecule has 1 aromatic heterocycles. The average molecular weight is 438 g/mol. The van der Waals surface area contributed by atoms with Gasteiger partial charge in [-0.15, -0.1) is 11.3 Å². The number of esters is 1. The van der Waals surface area contributed by atoms with E-state index in [2.05, 4.69) is 5.32 Å². The lowest BCUT2D eigenvalue weighted by atomic mass is 9.95. The third-order valence-corrected chi connectivity index (χ3v) is 6.88. The van der Waals surface area contributed by atoms with Crippen molar-refractivity contribution in [3.8, 4) is 0 Å². The van der Waals surface area contributed by atoms with Gasteiger partial charge in [-0.25, -0.2) is 13.2 Å². The van der Waals surface area contributed by atoms with Crippen molar-refractivity contribution in [2.45, 2.75) is 30.6 Å². The van der Waals surface area contributed by atoms with Gasteiger partial charge in [0.25, 0.3) is 11.6 Å². The van der Waals surface area contributed by atoms with Crippen LogP contribution < -0.4 is 5.32 Å². The number of sulfone groups is 1. The summed E-state index contributed by atoms with van der Waals surface area (Å²) in [4.78, 5) is 36.1. The van der Waals surface area contributed by atoms with Crippen LogP contribution in [0.5, 0.6) is 0 Å². The first-order valence-electron chi connectivity index (χ1n) is 8.65. The maximum atomic E-state index is 12.8. The molecule has 0 fully saturated rings. The van der Waals surface area contributed by atoms with Crippen LogP contribution in [0, 0.1) is 10.1 Å². The molecule has 0 unspecified atom stereocenters. The standard InChI is InChI=1S/C18H18N2O7S2/c1-27-18(22)15-13-5-3-4-6-14(13)28-17(15)19-16(21)10-7-11(20(23)24)9-12(8-10)29(2,25)26/h7-9H,3-6H2,1-2H3,(H,19,21). The summed E-state index contributed by atoms with van der Waals surface area (Å²) in [6.07, 6.45) is 4.28. The average Bonchev–Trinajstić information content (AvgIpc) is 3.04. The van der Waals surface area contributed by atoms with Gasteiger partial charge in [0.05, 0.1) is 22.5 Å². The van der Waals surface area contributed by atoms with E-state index < -0.39 is 32.3 Å². The van der Waals surface area contributed by atoms with Crippen molar-refractivity contribution in [3.63, 3.8) is 0 Å². The molecule has 154 valence electrons. The van der Waals surface area contributed by atoms with Gasteiger partial charge < -0.3 is 10.1 Å². The van der Waals surface area contributed by atoms with Gasteiger partial charge in [0.1, 0.15) is 5.00 Å². The summed E-state index contributed by atoms with van der Waals surface area (Å²) in [5.41, 5.74) is 0.423. The number of carbonyl (C=O) groups excluding carboxylic acids is 2. The second-order valence-electron chi connectivity index (χ2n) is 6.61. The molecule has 0 radical (unpaired) electrons. The first-order valence-corrected chi connectivity index (χ1v) is 11.4. The first kappa shape index (κ1) is 20.9. The van der Waals surface area contributed by atoms with Crippen LogP contribution in [0.25, 0.3) is 0 Å². The van der Waals surface area contributed by atoms with E-state index in [-0.39, 0.29) is 16.0 Å². The molecule has 0 spiro atoms. The van der Waals surface area contributed by atoms with E-state index in [0.717, 1.165) is 54.2 Å². The monoisotopic (exact) mass is 438 g/mol. The highest BCUT2D eigenvalue weighted by molar-refractivity contribution is 7.90. The predicted octanol–water partition coefficient (Wildman–Crippen LogP) is 2.98. The highest BCUT2D eigenvalue weighted by Gasteiger charge is 2.28. The number of aryl methyl sites for hydroxylation is 1. The fourth-order valence-electron chi connectivity index (χ4n) is 3.18. The van der Waals surface area contributed by atoms with Gasteiger partial charge in [0.2, 0.25) is 0 Å². The van der Waals surface area contributed by atoms with Crippen molar-refractivity contribution in [1.82, 2.24) is 0 Å². The van der Waals surface area contributed by atoms with E-state index >= 15 is 0 Å². The number of hydrogen-bond acceptors (Lipinski definition) is 8. The Bertz CT molecular complexity index is 1120.